The molecule has 0 unspecified atom stereocenters. The Hall–Kier alpha value is -8.34. The zero-order valence-corrected chi connectivity index (χ0v) is 56.5. The lowest BCUT2D eigenvalue weighted by Gasteiger charge is -2.41. The molecule has 0 bridgehead atoms. The van der Waals surface area contributed by atoms with Gasteiger partial charge in [-0.15, -0.1) is 0 Å². The van der Waals surface area contributed by atoms with Crippen LogP contribution in [0.15, 0.2) is 238 Å². The molecule has 0 saturated heterocycles. The van der Waals surface area contributed by atoms with E-state index in [4.69, 9.17) is 8.83 Å². The Kier molecular flexibility index (Phi) is 18.3. The van der Waals surface area contributed by atoms with Crippen molar-refractivity contribution in [1.29, 1.82) is 0 Å². The van der Waals surface area contributed by atoms with Gasteiger partial charge < -0.3 is 13.7 Å². The molecule has 0 aliphatic carbocycles. The van der Waals surface area contributed by atoms with Crippen molar-refractivity contribution in [1.82, 2.24) is 0 Å². The Morgan fingerprint density at radius 1 is 0.494 bits per heavy atom. The lowest BCUT2D eigenvalue weighted by Crippen LogP contribution is -2.52. The third-order valence-electron chi connectivity index (χ3n) is 18.0. The number of hydrogen-bond donors (Lipinski definition) is 0. The van der Waals surface area contributed by atoms with E-state index in [0.717, 1.165) is 57.6 Å². The van der Waals surface area contributed by atoms with Gasteiger partial charge in [0.05, 0.1) is 5.69 Å². The summed E-state index contributed by atoms with van der Waals surface area (Å²) in [4.78, 5) is 2.62. The number of allylic oxidation sites excluding steroid dienone is 5. The van der Waals surface area contributed by atoms with E-state index in [1.807, 2.05) is 18.2 Å². The van der Waals surface area contributed by atoms with Gasteiger partial charge in [-0.2, -0.15) is 0 Å². The normalized spacial score (nSPS) is 13.4. The Morgan fingerprint density at radius 3 is 1.74 bits per heavy atom. The molecule has 11 rings (SSSR count). The van der Waals surface area contributed by atoms with Crippen molar-refractivity contribution < 1.29 is 8.83 Å². The van der Waals surface area contributed by atoms with Crippen LogP contribution in [0.25, 0.3) is 44.0 Å². The van der Waals surface area contributed by atoms with E-state index < -0.39 is 0 Å². The highest BCUT2D eigenvalue weighted by Gasteiger charge is 2.40. The van der Waals surface area contributed by atoms with Gasteiger partial charge in [0.1, 0.15) is 22.5 Å². The van der Waals surface area contributed by atoms with E-state index in [0.29, 0.717) is 5.92 Å². The minimum Gasteiger partial charge on any atom is -0.460 e. The standard InChI is InChI=1S/C72H84BNO.C13H10O/c1-18-24-53(43-51-32-36-54(37-33-51)48(2)3)45-67-63(44-52-34-39-56(40-35-52)69(6,7)8)73(62-46-57(70(9,10)11)38-31-49(62)4)64-47-58(71(12,13)14)41-42-66(64)74(67)65-30-22-20-27-59(65)60-28-23-26-55-25-19-21-29-61(72(15,16)17)50(5)75-68(55)60;1-9-5-4-7-11-10-6-2-3-8-12(10)14-13(9)11/h18-42,45-48H,43-44H2,1-17H3;2-8H,1H3/b24-18+,25-19?,29-21?,53-45+,61-50?;. The summed E-state index contributed by atoms with van der Waals surface area (Å²) < 4.78 is 13.0. The molecule has 3 nitrogen and oxygen atoms in total. The van der Waals surface area contributed by atoms with Crippen LogP contribution in [0.4, 0.5) is 11.4 Å². The summed E-state index contributed by atoms with van der Waals surface area (Å²) in [6, 6.07) is 72.1. The van der Waals surface area contributed by atoms with Crippen molar-refractivity contribution in [2.45, 2.75) is 165 Å². The highest BCUT2D eigenvalue weighted by Crippen LogP contribution is 2.45. The molecule has 0 saturated carbocycles. The molecule has 0 fully saturated rings. The highest BCUT2D eigenvalue weighted by molar-refractivity contribution is 6.92. The number of rotatable bonds is 10. The van der Waals surface area contributed by atoms with Gasteiger partial charge in [0.15, 0.2) is 0 Å². The lowest BCUT2D eigenvalue weighted by molar-refractivity contribution is 0.512. The first-order chi connectivity index (χ1) is 42.2. The zero-order valence-electron chi connectivity index (χ0n) is 56.5. The maximum Gasteiger partial charge on any atom is 0.242 e. The summed E-state index contributed by atoms with van der Waals surface area (Å²) >= 11 is 0. The van der Waals surface area contributed by atoms with Crippen molar-refractivity contribution in [3.63, 3.8) is 0 Å². The summed E-state index contributed by atoms with van der Waals surface area (Å²) in [5.41, 5.74) is 25.2. The van der Waals surface area contributed by atoms with E-state index in [1.165, 1.54) is 94.2 Å². The molecule has 89 heavy (non-hydrogen) atoms. The van der Waals surface area contributed by atoms with Crippen LogP contribution < -0.4 is 15.8 Å². The van der Waals surface area contributed by atoms with Crippen molar-refractivity contribution in [2.75, 3.05) is 4.90 Å². The summed E-state index contributed by atoms with van der Waals surface area (Å²) in [6.45, 7) is 40.9. The molecular weight excluding hydrogens is 1080 g/mol. The Labute approximate surface area is 533 Å². The van der Waals surface area contributed by atoms with Crippen molar-refractivity contribution in [2.24, 2.45) is 0 Å². The molecule has 3 heterocycles. The van der Waals surface area contributed by atoms with E-state index in [2.05, 4.69) is 324 Å². The topological polar surface area (TPSA) is 29.5 Å². The molecule has 0 N–H and O–H groups in total. The zero-order chi connectivity index (χ0) is 63.7. The predicted molar refractivity (Wildman–Crippen MR) is 386 cm³/mol. The van der Waals surface area contributed by atoms with Crippen LogP contribution >= 0.6 is 0 Å². The van der Waals surface area contributed by atoms with Crippen LogP contribution in [0.1, 0.15) is 166 Å². The molecule has 0 radical (unpaired) electrons. The number of nitrogens with zero attached hydrogens (tertiary/aromatic N) is 1. The number of fused-ring (bicyclic) bond motifs is 5. The molecule has 454 valence electrons. The molecular formula is C85H94BNO2. The molecule has 4 heteroatoms. The van der Waals surface area contributed by atoms with E-state index in [1.54, 1.807) is 0 Å². The number of furan rings is 1. The van der Waals surface area contributed by atoms with Gasteiger partial charge in [-0.3, -0.25) is 0 Å². The first kappa shape index (κ1) is 63.7. The van der Waals surface area contributed by atoms with Gasteiger partial charge in [-0.25, -0.2) is 0 Å². The van der Waals surface area contributed by atoms with Gasteiger partial charge in [0, 0.05) is 38.7 Å². The number of para-hydroxylation sites is 4. The smallest absolute Gasteiger partial charge is 0.242 e. The van der Waals surface area contributed by atoms with Crippen LogP contribution in [0, 0.1) is 20.8 Å². The maximum absolute atomic E-state index is 7.21. The van der Waals surface area contributed by atoms with Gasteiger partial charge in [0.2, 0.25) is 6.71 Å². The summed E-state index contributed by atoms with van der Waals surface area (Å²) in [7, 11) is 0. The molecule has 0 amide bonds. The molecule has 0 spiro atoms. The molecule has 1 aliphatic heterocycles. The molecule has 0 atom stereocenters. The fourth-order valence-corrected chi connectivity index (χ4v) is 12.8. The van der Waals surface area contributed by atoms with Crippen molar-refractivity contribution >= 4 is 61.9 Å². The van der Waals surface area contributed by atoms with E-state index in [9.17, 15) is 0 Å². The van der Waals surface area contributed by atoms with E-state index >= 15 is 0 Å². The second-order valence-corrected chi connectivity index (χ2v) is 29.3. The largest absolute Gasteiger partial charge is 0.460 e. The van der Waals surface area contributed by atoms with Crippen LogP contribution in [0.2, 0.25) is 0 Å². The van der Waals surface area contributed by atoms with Gasteiger partial charge in [-0.05, 0) is 148 Å². The van der Waals surface area contributed by atoms with Crippen LogP contribution in [-0.4, -0.2) is 6.71 Å². The van der Waals surface area contributed by atoms with Gasteiger partial charge in [-0.1, -0.05) is 302 Å². The second kappa shape index (κ2) is 25.6. The minimum absolute atomic E-state index is 0.0354. The Balaban J connectivity index is 0.000000541. The average Bonchev–Trinajstić information content (AvgIpc) is 1.31. The lowest BCUT2D eigenvalue weighted by atomic mass is 9.33. The quantitative estimate of drug-likeness (QED) is 0.101. The Morgan fingerprint density at radius 2 is 1.07 bits per heavy atom. The van der Waals surface area contributed by atoms with Gasteiger partial charge in [0.25, 0.3) is 0 Å². The van der Waals surface area contributed by atoms with E-state index in [-0.39, 0.29) is 28.4 Å². The molecule has 8 aromatic carbocycles. The third-order valence-corrected chi connectivity index (χ3v) is 18.0. The van der Waals surface area contributed by atoms with Crippen LogP contribution in [0.5, 0.6) is 0 Å². The minimum atomic E-state index is -0.118. The summed E-state index contributed by atoms with van der Waals surface area (Å²) in [6.07, 6.45) is 8.63. The fourth-order valence-electron chi connectivity index (χ4n) is 12.8. The van der Waals surface area contributed by atoms with Crippen molar-refractivity contribution in [3.8, 4) is 11.1 Å². The number of benzene rings is 8. The monoisotopic (exact) mass is 1170 g/mol. The van der Waals surface area contributed by atoms with Crippen LogP contribution in [0.3, 0.4) is 0 Å². The van der Waals surface area contributed by atoms with Gasteiger partial charge >= 0.3 is 0 Å². The maximum atomic E-state index is 7.21. The number of anilines is 2. The van der Waals surface area contributed by atoms with Crippen LogP contribution in [-0.2, 0) is 34.5 Å². The number of aryl methyl sites for hydroxylation is 3. The SMILES string of the molecule is C/C=C/C(=C\C1=C(Cc2ccc(C(C)(C)C)cc2)B(c2cc(C(C)(C)C)ccc2C)c2cc(C(C)(C)C)ccc2N1c1ccccc1-c1cccc2ccccc(C(C)(C)C)c(C)oc12)Cc1ccc(C(C)C)cc1.Cc1cccc2c1oc1ccccc12. The highest BCUT2D eigenvalue weighted by atomic mass is 16.3. The predicted octanol–water partition coefficient (Wildman–Crippen LogP) is 22.6. The van der Waals surface area contributed by atoms with Crippen molar-refractivity contribution in [3.05, 3.63) is 285 Å². The third kappa shape index (κ3) is 13.9. The molecule has 1 aliphatic rings. The second-order valence-electron chi connectivity index (χ2n) is 29.3. The Bertz CT molecular complexity index is 4350. The summed E-state index contributed by atoms with van der Waals surface area (Å²) in [5.74, 6) is 1.37. The number of hydrogen-bond acceptors (Lipinski definition) is 3. The summed E-state index contributed by atoms with van der Waals surface area (Å²) in [5, 5.41) is 3.45. The molecule has 10 aromatic rings. The first-order valence-electron chi connectivity index (χ1n) is 32.3. The average molecular weight is 1170 g/mol. The fraction of sp³-hybridized carbons (Fsp3) is 0.294. The first-order valence-corrected chi connectivity index (χ1v) is 32.3. The molecule has 2 aromatic heterocycles.